The van der Waals surface area contributed by atoms with Gasteiger partial charge in [0.2, 0.25) is 5.89 Å². The molecule has 2 saturated heterocycles. The Morgan fingerprint density at radius 2 is 2.06 bits per heavy atom. The zero-order valence-corrected chi connectivity index (χ0v) is 9.80. The van der Waals surface area contributed by atoms with E-state index in [0.29, 0.717) is 11.8 Å². The van der Waals surface area contributed by atoms with E-state index in [1.807, 2.05) is 0 Å². The first kappa shape index (κ1) is 11.1. The normalized spacial score (nSPS) is 26.5. The van der Waals surface area contributed by atoms with E-state index in [2.05, 4.69) is 15.0 Å². The molecule has 3 heterocycles. The van der Waals surface area contributed by atoms with Crippen molar-refractivity contribution >= 4 is 0 Å². The third kappa shape index (κ3) is 2.65. The zero-order valence-electron chi connectivity index (χ0n) is 9.80. The van der Waals surface area contributed by atoms with Gasteiger partial charge in [0.15, 0.2) is 5.82 Å². The van der Waals surface area contributed by atoms with Crippen LogP contribution in [0.15, 0.2) is 4.52 Å². The average Bonchev–Trinajstić information content (AvgIpc) is 3.00. The molecule has 6 nitrogen and oxygen atoms in total. The van der Waals surface area contributed by atoms with Gasteiger partial charge in [-0.1, -0.05) is 5.16 Å². The standard InChI is InChI=1S/C11H17N3O3/c1-4-16-8-9(1)11-12-10(17-13-11)7-14-2-5-15-6-3-14/h9H,1-8H2/t9-/m0/s1. The van der Waals surface area contributed by atoms with Crippen LogP contribution in [0.5, 0.6) is 0 Å². The van der Waals surface area contributed by atoms with Crippen LogP contribution in [0.2, 0.25) is 0 Å². The predicted molar refractivity (Wildman–Crippen MR) is 58.6 cm³/mol. The molecular formula is C11H17N3O3. The van der Waals surface area contributed by atoms with Crippen LogP contribution in [-0.2, 0) is 16.0 Å². The third-order valence-corrected chi connectivity index (χ3v) is 3.24. The smallest absolute Gasteiger partial charge is 0.240 e. The zero-order chi connectivity index (χ0) is 11.5. The fourth-order valence-electron chi connectivity index (χ4n) is 2.19. The van der Waals surface area contributed by atoms with Crippen molar-refractivity contribution in [1.29, 1.82) is 0 Å². The third-order valence-electron chi connectivity index (χ3n) is 3.24. The maximum atomic E-state index is 5.32. The molecule has 2 fully saturated rings. The lowest BCUT2D eigenvalue weighted by Gasteiger charge is -2.24. The van der Waals surface area contributed by atoms with E-state index >= 15 is 0 Å². The minimum absolute atomic E-state index is 0.317. The summed E-state index contributed by atoms with van der Waals surface area (Å²) in [6.45, 7) is 5.70. The van der Waals surface area contributed by atoms with Crippen molar-refractivity contribution in [2.45, 2.75) is 18.9 Å². The molecule has 17 heavy (non-hydrogen) atoms. The Bertz CT molecular complexity index is 357. The molecule has 2 aliphatic heterocycles. The van der Waals surface area contributed by atoms with Crippen molar-refractivity contribution in [2.75, 3.05) is 39.5 Å². The monoisotopic (exact) mass is 239 g/mol. The van der Waals surface area contributed by atoms with Gasteiger partial charge in [-0.3, -0.25) is 4.90 Å². The molecule has 2 aliphatic rings. The maximum Gasteiger partial charge on any atom is 0.240 e. The van der Waals surface area contributed by atoms with Gasteiger partial charge in [-0.15, -0.1) is 0 Å². The molecular weight excluding hydrogens is 222 g/mol. The van der Waals surface area contributed by atoms with Crippen LogP contribution in [0.3, 0.4) is 0 Å². The summed E-state index contributed by atoms with van der Waals surface area (Å²) in [5, 5.41) is 4.04. The van der Waals surface area contributed by atoms with Crippen molar-refractivity contribution in [2.24, 2.45) is 0 Å². The van der Waals surface area contributed by atoms with E-state index < -0.39 is 0 Å². The van der Waals surface area contributed by atoms with Gasteiger partial charge >= 0.3 is 0 Å². The summed E-state index contributed by atoms with van der Waals surface area (Å²) in [6.07, 6.45) is 0.997. The second kappa shape index (κ2) is 5.12. The summed E-state index contributed by atoms with van der Waals surface area (Å²) >= 11 is 0. The van der Waals surface area contributed by atoms with E-state index in [0.717, 1.165) is 58.3 Å². The Labute approximate surface area is 99.9 Å². The van der Waals surface area contributed by atoms with E-state index in [4.69, 9.17) is 14.0 Å². The van der Waals surface area contributed by atoms with Crippen molar-refractivity contribution in [3.8, 4) is 0 Å². The lowest BCUT2D eigenvalue weighted by Crippen LogP contribution is -2.35. The highest BCUT2D eigenvalue weighted by atomic mass is 16.5. The van der Waals surface area contributed by atoms with E-state index in [-0.39, 0.29) is 0 Å². The molecule has 6 heteroatoms. The molecule has 0 unspecified atom stereocenters. The van der Waals surface area contributed by atoms with Crippen molar-refractivity contribution in [1.82, 2.24) is 15.0 Å². The first-order valence-corrected chi connectivity index (χ1v) is 6.12. The predicted octanol–water partition coefficient (Wildman–Crippen LogP) is 0.406. The van der Waals surface area contributed by atoms with Gasteiger partial charge < -0.3 is 14.0 Å². The highest BCUT2D eigenvalue weighted by Crippen LogP contribution is 2.22. The Morgan fingerprint density at radius 1 is 1.18 bits per heavy atom. The quantitative estimate of drug-likeness (QED) is 0.761. The summed E-state index contributed by atoms with van der Waals surface area (Å²) in [4.78, 5) is 6.72. The summed E-state index contributed by atoms with van der Waals surface area (Å²) in [7, 11) is 0. The molecule has 0 N–H and O–H groups in total. The van der Waals surface area contributed by atoms with E-state index in [1.54, 1.807) is 0 Å². The number of rotatable bonds is 3. The Hall–Kier alpha value is -0.980. The van der Waals surface area contributed by atoms with E-state index in [1.165, 1.54) is 0 Å². The molecule has 0 aromatic carbocycles. The second-order valence-electron chi connectivity index (χ2n) is 4.50. The van der Waals surface area contributed by atoms with Crippen LogP contribution in [0, 0.1) is 0 Å². The van der Waals surface area contributed by atoms with Crippen molar-refractivity contribution in [3.05, 3.63) is 11.7 Å². The molecule has 94 valence electrons. The molecule has 1 aromatic heterocycles. The summed E-state index contributed by atoms with van der Waals surface area (Å²) in [5.74, 6) is 1.82. The van der Waals surface area contributed by atoms with Crippen LogP contribution < -0.4 is 0 Å². The minimum atomic E-state index is 0.317. The average molecular weight is 239 g/mol. The molecule has 1 aromatic rings. The molecule has 0 bridgehead atoms. The van der Waals surface area contributed by atoms with Crippen LogP contribution in [0.4, 0.5) is 0 Å². The summed E-state index contributed by atoms with van der Waals surface area (Å²) < 4.78 is 15.9. The number of hydrogen-bond acceptors (Lipinski definition) is 6. The van der Waals surface area contributed by atoms with Crippen LogP contribution in [-0.4, -0.2) is 54.6 Å². The minimum Gasteiger partial charge on any atom is -0.381 e. The molecule has 3 rings (SSSR count). The molecule has 0 radical (unpaired) electrons. The van der Waals surface area contributed by atoms with Crippen molar-refractivity contribution < 1.29 is 14.0 Å². The Kier molecular flexibility index (Phi) is 3.35. The SMILES string of the molecule is C1CN(Cc2nc([C@H]3CCOC3)no2)CCO1. The summed E-state index contributed by atoms with van der Waals surface area (Å²) in [5.41, 5.74) is 0. The molecule has 0 aliphatic carbocycles. The highest BCUT2D eigenvalue weighted by Gasteiger charge is 2.23. The number of morpholine rings is 1. The Morgan fingerprint density at radius 3 is 2.82 bits per heavy atom. The second-order valence-corrected chi connectivity index (χ2v) is 4.50. The first-order valence-electron chi connectivity index (χ1n) is 6.12. The number of hydrogen-bond donors (Lipinski definition) is 0. The van der Waals surface area contributed by atoms with Gasteiger partial charge in [0.05, 0.1) is 26.4 Å². The lowest BCUT2D eigenvalue weighted by molar-refractivity contribution is 0.0297. The number of nitrogens with zero attached hydrogens (tertiary/aromatic N) is 3. The molecule has 0 saturated carbocycles. The van der Waals surface area contributed by atoms with Gasteiger partial charge in [-0.25, -0.2) is 0 Å². The van der Waals surface area contributed by atoms with Gasteiger partial charge in [0.25, 0.3) is 0 Å². The number of aromatic nitrogens is 2. The van der Waals surface area contributed by atoms with Crippen LogP contribution in [0.1, 0.15) is 24.1 Å². The van der Waals surface area contributed by atoms with Gasteiger partial charge in [-0.05, 0) is 6.42 Å². The largest absolute Gasteiger partial charge is 0.381 e. The Balaban J connectivity index is 1.59. The topological polar surface area (TPSA) is 60.6 Å². The fourth-order valence-corrected chi connectivity index (χ4v) is 2.19. The van der Waals surface area contributed by atoms with E-state index in [9.17, 15) is 0 Å². The highest BCUT2D eigenvalue weighted by molar-refractivity contribution is 4.97. The summed E-state index contributed by atoms with van der Waals surface area (Å²) in [6, 6.07) is 0. The maximum absolute atomic E-state index is 5.32. The first-order chi connectivity index (χ1) is 8.42. The lowest BCUT2D eigenvalue weighted by atomic mass is 10.1. The van der Waals surface area contributed by atoms with Gasteiger partial charge in [0, 0.05) is 25.6 Å². The van der Waals surface area contributed by atoms with Gasteiger partial charge in [-0.2, -0.15) is 4.98 Å². The molecule has 0 spiro atoms. The molecule has 0 amide bonds. The molecule has 1 atom stereocenters. The van der Waals surface area contributed by atoms with Crippen molar-refractivity contribution in [3.63, 3.8) is 0 Å². The number of ether oxygens (including phenoxy) is 2. The fraction of sp³-hybridized carbons (Fsp3) is 0.818. The van der Waals surface area contributed by atoms with Crippen LogP contribution in [0.25, 0.3) is 0 Å². The van der Waals surface area contributed by atoms with Crippen LogP contribution >= 0.6 is 0 Å². The van der Waals surface area contributed by atoms with Gasteiger partial charge in [0.1, 0.15) is 0 Å².